The van der Waals surface area contributed by atoms with Crippen LogP contribution in [-0.2, 0) is 17.7 Å². The number of hydrogen-bond acceptors (Lipinski definition) is 5. The summed E-state index contributed by atoms with van der Waals surface area (Å²) in [5.74, 6) is 1.67. The highest BCUT2D eigenvalue weighted by molar-refractivity contribution is 5.76. The second kappa shape index (κ2) is 8.46. The molecule has 4 rings (SSSR count). The summed E-state index contributed by atoms with van der Waals surface area (Å²) in [6.07, 6.45) is 0.967. The highest BCUT2D eigenvalue weighted by Gasteiger charge is 2.31. The molecule has 2 aromatic rings. The van der Waals surface area contributed by atoms with Crippen LogP contribution in [0.3, 0.4) is 0 Å². The summed E-state index contributed by atoms with van der Waals surface area (Å²) < 4.78 is 5.95. The average Bonchev–Trinajstić information content (AvgIpc) is 2.71. The molecule has 0 radical (unpaired) electrons. The second-order valence-corrected chi connectivity index (χ2v) is 9.68. The molecule has 2 atom stereocenters. The Kier molecular flexibility index (Phi) is 5.88. The van der Waals surface area contributed by atoms with Gasteiger partial charge in [-0.1, -0.05) is 30.3 Å². The van der Waals surface area contributed by atoms with Crippen molar-refractivity contribution in [2.24, 2.45) is 0 Å². The van der Waals surface area contributed by atoms with Crippen LogP contribution in [0.4, 0.5) is 10.6 Å². The number of benzene rings is 1. The van der Waals surface area contributed by atoms with Crippen LogP contribution in [0.15, 0.2) is 30.3 Å². The molecule has 31 heavy (non-hydrogen) atoms. The third-order valence-electron chi connectivity index (χ3n) is 5.56. The molecule has 3 heterocycles. The molecule has 0 saturated carbocycles. The van der Waals surface area contributed by atoms with Crippen molar-refractivity contribution < 1.29 is 9.53 Å². The maximum absolute atomic E-state index is 12.8. The maximum atomic E-state index is 12.8. The van der Waals surface area contributed by atoms with Crippen molar-refractivity contribution >= 4 is 11.8 Å². The van der Waals surface area contributed by atoms with Crippen LogP contribution in [-0.4, -0.2) is 58.3 Å². The van der Waals surface area contributed by atoms with Crippen LogP contribution in [0.25, 0.3) is 11.4 Å². The number of nitrogens with one attached hydrogen (secondary N) is 1. The Morgan fingerprint density at radius 3 is 2.42 bits per heavy atom. The zero-order valence-corrected chi connectivity index (χ0v) is 19.2. The number of carbonyl (C=O) groups is 1. The van der Waals surface area contributed by atoms with Gasteiger partial charge in [0.15, 0.2) is 5.82 Å². The predicted molar refractivity (Wildman–Crippen MR) is 122 cm³/mol. The molecular weight excluding hydrogens is 390 g/mol. The van der Waals surface area contributed by atoms with Gasteiger partial charge >= 0.3 is 6.03 Å². The highest BCUT2D eigenvalue weighted by atomic mass is 16.5. The molecule has 2 aliphatic rings. The molecule has 166 valence electrons. The van der Waals surface area contributed by atoms with Gasteiger partial charge in [0.2, 0.25) is 0 Å². The Morgan fingerprint density at radius 2 is 1.77 bits per heavy atom. The lowest BCUT2D eigenvalue weighted by atomic mass is 10.0. The van der Waals surface area contributed by atoms with Gasteiger partial charge < -0.3 is 19.9 Å². The van der Waals surface area contributed by atoms with E-state index in [4.69, 9.17) is 14.7 Å². The number of carbonyl (C=O) groups excluding carboxylic acids is 1. The molecule has 2 amide bonds. The van der Waals surface area contributed by atoms with E-state index in [0.717, 1.165) is 48.0 Å². The third kappa shape index (κ3) is 4.98. The fourth-order valence-electron chi connectivity index (χ4n) is 4.30. The molecule has 1 saturated heterocycles. The van der Waals surface area contributed by atoms with Crippen molar-refractivity contribution in [3.05, 3.63) is 41.6 Å². The van der Waals surface area contributed by atoms with Gasteiger partial charge in [0.05, 0.1) is 24.4 Å². The summed E-state index contributed by atoms with van der Waals surface area (Å²) in [5.41, 5.74) is 2.82. The lowest BCUT2D eigenvalue weighted by Crippen LogP contribution is -2.50. The topological polar surface area (TPSA) is 70.6 Å². The molecule has 7 nitrogen and oxygen atoms in total. The molecule has 1 N–H and O–H groups in total. The van der Waals surface area contributed by atoms with Crippen LogP contribution in [0.2, 0.25) is 0 Å². The number of anilines is 1. The van der Waals surface area contributed by atoms with E-state index >= 15 is 0 Å². The fraction of sp³-hybridized carbons (Fsp3) is 0.542. The van der Waals surface area contributed by atoms with Crippen LogP contribution in [0, 0.1) is 0 Å². The van der Waals surface area contributed by atoms with E-state index in [0.29, 0.717) is 13.1 Å². The zero-order chi connectivity index (χ0) is 22.2. The Hall–Kier alpha value is -2.67. The summed E-state index contributed by atoms with van der Waals surface area (Å²) in [7, 11) is 0. The zero-order valence-electron chi connectivity index (χ0n) is 19.2. The smallest absolute Gasteiger partial charge is 0.318 e. The standard InChI is InChI=1S/C24H33N5O2/c1-16-13-29(14-17(2)31-16)22-19-15-28(23(30)27-24(3,4)5)12-11-20(19)25-21(26-22)18-9-7-6-8-10-18/h6-10,16-17H,11-15H2,1-5H3,(H,27,30)/t16-,17+. The lowest BCUT2D eigenvalue weighted by molar-refractivity contribution is -0.00556. The Balaban J connectivity index is 1.72. The quantitative estimate of drug-likeness (QED) is 0.799. The first-order valence-corrected chi connectivity index (χ1v) is 11.1. The number of rotatable bonds is 2. The highest BCUT2D eigenvalue weighted by Crippen LogP contribution is 2.31. The van der Waals surface area contributed by atoms with Gasteiger partial charge in [-0.05, 0) is 34.6 Å². The Bertz CT molecular complexity index is 931. The molecule has 0 bridgehead atoms. The van der Waals surface area contributed by atoms with Gasteiger partial charge in [0, 0.05) is 42.7 Å². The number of fused-ring (bicyclic) bond motifs is 1. The predicted octanol–water partition coefficient (Wildman–Crippen LogP) is 3.62. The largest absolute Gasteiger partial charge is 0.372 e. The van der Waals surface area contributed by atoms with Crippen LogP contribution >= 0.6 is 0 Å². The number of morpholine rings is 1. The lowest BCUT2D eigenvalue weighted by Gasteiger charge is -2.39. The van der Waals surface area contributed by atoms with Gasteiger partial charge in [0.25, 0.3) is 0 Å². The molecule has 0 unspecified atom stereocenters. The molecule has 1 aromatic carbocycles. The first-order valence-electron chi connectivity index (χ1n) is 11.1. The van der Waals surface area contributed by atoms with E-state index in [9.17, 15) is 4.79 Å². The van der Waals surface area contributed by atoms with Crippen LogP contribution in [0.1, 0.15) is 45.9 Å². The number of urea groups is 1. The summed E-state index contributed by atoms with van der Waals surface area (Å²) >= 11 is 0. The van der Waals surface area contributed by atoms with Crippen LogP contribution < -0.4 is 10.2 Å². The molecule has 0 aliphatic carbocycles. The fourth-order valence-corrected chi connectivity index (χ4v) is 4.30. The van der Waals surface area contributed by atoms with E-state index in [2.05, 4.69) is 24.1 Å². The van der Waals surface area contributed by atoms with Crippen molar-refractivity contribution in [2.75, 3.05) is 24.5 Å². The van der Waals surface area contributed by atoms with Gasteiger partial charge in [-0.2, -0.15) is 0 Å². The molecule has 1 aromatic heterocycles. The van der Waals surface area contributed by atoms with E-state index in [1.807, 2.05) is 56.0 Å². The number of amides is 2. The van der Waals surface area contributed by atoms with Crippen molar-refractivity contribution in [1.82, 2.24) is 20.2 Å². The number of aromatic nitrogens is 2. The van der Waals surface area contributed by atoms with E-state index in [1.54, 1.807) is 0 Å². The Morgan fingerprint density at radius 1 is 1.10 bits per heavy atom. The van der Waals surface area contributed by atoms with Gasteiger partial charge in [0.1, 0.15) is 5.82 Å². The summed E-state index contributed by atoms with van der Waals surface area (Å²) in [4.78, 5) is 27.0. The number of nitrogens with zero attached hydrogens (tertiary/aromatic N) is 4. The molecular formula is C24H33N5O2. The molecule has 7 heteroatoms. The molecule has 1 fully saturated rings. The minimum atomic E-state index is -0.275. The summed E-state index contributed by atoms with van der Waals surface area (Å²) in [6.45, 7) is 12.9. The minimum absolute atomic E-state index is 0.0417. The van der Waals surface area contributed by atoms with E-state index in [1.165, 1.54) is 0 Å². The minimum Gasteiger partial charge on any atom is -0.372 e. The summed E-state index contributed by atoms with van der Waals surface area (Å²) in [6, 6.07) is 10.1. The number of hydrogen-bond donors (Lipinski definition) is 1. The molecule has 0 spiro atoms. The SMILES string of the molecule is C[C@@H]1CN(c2nc(-c3ccccc3)nc3c2CN(C(=O)NC(C)(C)C)CC3)C[C@H](C)O1. The van der Waals surface area contributed by atoms with E-state index < -0.39 is 0 Å². The van der Waals surface area contributed by atoms with Crippen molar-refractivity contribution in [3.63, 3.8) is 0 Å². The normalized spacial score (nSPS) is 21.6. The monoisotopic (exact) mass is 423 g/mol. The van der Waals surface area contributed by atoms with Crippen LogP contribution in [0.5, 0.6) is 0 Å². The molecule has 2 aliphatic heterocycles. The summed E-state index contributed by atoms with van der Waals surface area (Å²) in [5, 5.41) is 3.08. The van der Waals surface area contributed by atoms with Gasteiger partial charge in [-0.25, -0.2) is 14.8 Å². The Labute approximate surface area is 184 Å². The van der Waals surface area contributed by atoms with Gasteiger partial charge in [-0.3, -0.25) is 0 Å². The van der Waals surface area contributed by atoms with Crippen molar-refractivity contribution in [3.8, 4) is 11.4 Å². The van der Waals surface area contributed by atoms with Crippen molar-refractivity contribution in [1.29, 1.82) is 0 Å². The average molecular weight is 424 g/mol. The van der Waals surface area contributed by atoms with E-state index in [-0.39, 0.29) is 23.8 Å². The maximum Gasteiger partial charge on any atom is 0.318 e. The third-order valence-corrected chi connectivity index (χ3v) is 5.56. The van der Waals surface area contributed by atoms with Gasteiger partial charge in [-0.15, -0.1) is 0 Å². The number of ether oxygens (including phenoxy) is 1. The first-order chi connectivity index (χ1) is 14.7. The van der Waals surface area contributed by atoms with Crippen molar-refractivity contribution in [2.45, 2.75) is 65.3 Å². The first kappa shape index (κ1) is 21.6. The second-order valence-electron chi connectivity index (χ2n) is 9.68.